The van der Waals surface area contributed by atoms with Crippen molar-refractivity contribution >= 4 is 18.1 Å². The molecule has 0 heterocycles. The average Bonchev–Trinajstić information content (AvgIpc) is 2.76. The first kappa shape index (κ1) is 20.7. The fourth-order valence-corrected chi connectivity index (χ4v) is 2.56. The summed E-state index contributed by atoms with van der Waals surface area (Å²) in [6.45, 7) is 2.17. The molecule has 0 bridgehead atoms. The summed E-state index contributed by atoms with van der Waals surface area (Å²) >= 11 is 0. The molecule has 0 saturated heterocycles. The summed E-state index contributed by atoms with van der Waals surface area (Å²) in [4.78, 5) is 24.3. The van der Waals surface area contributed by atoms with Gasteiger partial charge in [0.05, 0.1) is 23.9 Å². The van der Waals surface area contributed by atoms with Crippen LogP contribution >= 0.6 is 0 Å². The Morgan fingerprint density at radius 2 is 1.73 bits per heavy atom. The molecule has 3 aromatic carbocycles. The van der Waals surface area contributed by atoms with Gasteiger partial charge in [-0.1, -0.05) is 30.3 Å². The predicted octanol–water partition coefficient (Wildman–Crippen LogP) is 4.21. The number of esters is 1. The quantitative estimate of drug-likeness (QED) is 0.276. The molecule has 0 radical (unpaired) electrons. The number of hydrogen-bond acceptors (Lipinski definition) is 5. The molecule has 0 unspecified atom stereocenters. The van der Waals surface area contributed by atoms with Gasteiger partial charge in [0.1, 0.15) is 5.82 Å². The Morgan fingerprint density at radius 3 is 2.47 bits per heavy atom. The van der Waals surface area contributed by atoms with E-state index in [-0.39, 0.29) is 11.3 Å². The van der Waals surface area contributed by atoms with Crippen molar-refractivity contribution in [3.8, 4) is 11.5 Å². The highest BCUT2D eigenvalue weighted by Gasteiger charge is 2.13. The van der Waals surface area contributed by atoms with E-state index >= 15 is 0 Å². The second-order valence-corrected chi connectivity index (χ2v) is 6.07. The largest absolute Gasteiger partial charge is 0.490 e. The van der Waals surface area contributed by atoms with Crippen LogP contribution in [0.5, 0.6) is 11.5 Å². The number of amides is 1. The lowest BCUT2D eigenvalue weighted by atomic mass is 10.2. The van der Waals surface area contributed by atoms with E-state index < -0.39 is 17.7 Å². The Bertz CT molecular complexity index is 1070. The van der Waals surface area contributed by atoms with Crippen LogP contribution in [0.3, 0.4) is 0 Å². The maximum atomic E-state index is 13.6. The molecule has 0 aliphatic heterocycles. The summed E-state index contributed by atoms with van der Waals surface area (Å²) in [6, 6.07) is 19.1. The highest BCUT2D eigenvalue weighted by Crippen LogP contribution is 2.29. The van der Waals surface area contributed by atoms with E-state index in [0.29, 0.717) is 23.5 Å². The van der Waals surface area contributed by atoms with Crippen molar-refractivity contribution in [1.29, 1.82) is 0 Å². The zero-order chi connectivity index (χ0) is 21.3. The van der Waals surface area contributed by atoms with Gasteiger partial charge in [-0.2, -0.15) is 5.10 Å². The summed E-state index contributed by atoms with van der Waals surface area (Å²) in [5.74, 6) is -1.18. The number of carbonyl (C=O) groups excluding carboxylic acids is 2. The maximum Gasteiger partial charge on any atom is 0.343 e. The molecule has 0 fully saturated rings. The minimum Gasteiger partial charge on any atom is -0.490 e. The first-order valence-corrected chi connectivity index (χ1v) is 9.20. The van der Waals surface area contributed by atoms with Gasteiger partial charge in [-0.3, -0.25) is 4.79 Å². The summed E-state index contributed by atoms with van der Waals surface area (Å²) in [6.07, 6.45) is 1.38. The summed E-state index contributed by atoms with van der Waals surface area (Å²) in [7, 11) is 0. The van der Waals surface area contributed by atoms with Gasteiger partial charge in [0.25, 0.3) is 5.91 Å². The van der Waals surface area contributed by atoms with Crippen LogP contribution in [0.1, 0.15) is 33.2 Å². The van der Waals surface area contributed by atoms with Crippen LogP contribution in [0.15, 0.2) is 77.9 Å². The van der Waals surface area contributed by atoms with Crippen LogP contribution in [0, 0.1) is 5.82 Å². The van der Waals surface area contributed by atoms with Crippen molar-refractivity contribution < 1.29 is 23.5 Å². The molecule has 0 aliphatic carbocycles. The van der Waals surface area contributed by atoms with Crippen LogP contribution < -0.4 is 14.9 Å². The molecule has 3 aromatic rings. The van der Waals surface area contributed by atoms with Crippen molar-refractivity contribution in [2.75, 3.05) is 6.61 Å². The van der Waals surface area contributed by atoms with Crippen molar-refractivity contribution in [2.45, 2.75) is 6.92 Å². The second-order valence-electron chi connectivity index (χ2n) is 6.07. The number of hydrazone groups is 1. The smallest absolute Gasteiger partial charge is 0.343 e. The van der Waals surface area contributed by atoms with Gasteiger partial charge in [-0.15, -0.1) is 0 Å². The molecule has 30 heavy (non-hydrogen) atoms. The van der Waals surface area contributed by atoms with E-state index in [1.807, 2.05) is 6.07 Å². The minimum atomic E-state index is -0.664. The summed E-state index contributed by atoms with van der Waals surface area (Å²) in [5.41, 5.74) is 3.18. The Balaban J connectivity index is 1.71. The van der Waals surface area contributed by atoms with E-state index in [1.54, 1.807) is 55.5 Å². The standard InChI is InChI=1S/C23H19FN2O4/c1-2-29-21-14-16(15-25-26-22(27)18-10-6-7-11-19(18)24)12-13-20(21)30-23(28)17-8-4-3-5-9-17/h3-15H,2H2,1H3,(H,26,27)/b25-15+. The Labute approximate surface area is 173 Å². The van der Waals surface area contributed by atoms with Gasteiger partial charge in [-0.05, 0) is 55.0 Å². The SMILES string of the molecule is CCOc1cc(/C=N/NC(=O)c2ccccc2F)ccc1OC(=O)c1ccccc1. The van der Waals surface area contributed by atoms with E-state index in [0.717, 1.165) is 0 Å². The molecule has 0 atom stereocenters. The first-order valence-electron chi connectivity index (χ1n) is 9.20. The average molecular weight is 406 g/mol. The lowest BCUT2D eigenvalue weighted by Gasteiger charge is -2.11. The lowest BCUT2D eigenvalue weighted by Crippen LogP contribution is -2.18. The normalized spacial score (nSPS) is 10.6. The maximum absolute atomic E-state index is 13.6. The van der Waals surface area contributed by atoms with Crippen molar-refractivity contribution in [1.82, 2.24) is 5.43 Å². The summed E-state index contributed by atoms with van der Waals surface area (Å²) < 4.78 is 24.6. The van der Waals surface area contributed by atoms with E-state index in [2.05, 4.69) is 10.5 Å². The van der Waals surface area contributed by atoms with Crippen LogP contribution in [-0.4, -0.2) is 24.7 Å². The van der Waals surface area contributed by atoms with E-state index in [1.165, 1.54) is 24.4 Å². The van der Waals surface area contributed by atoms with Crippen LogP contribution in [0.25, 0.3) is 0 Å². The number of carbonyl (C=O) groups is 2. The summed E-state index contributed by atoms with van der Waals surface area (Å²) in [5, 5.41) is 3.84. The fraction of sp³-hybridized carbons (Fsp3) is 0.0870. The minimum absolute atomic E-state index is 0.104. The molecule has 0 aromatic heterocycles. The van der Waals surface area contributed by atoms with Crippen molar-refractivity contribution in [3.63, 3.8) is 0 Å². The highest BCUT2D eigenvalue weighted by atomic mass is 19.1. The molecule has 0 saturated carbocycles. The molecule has 152 valence electrons. The Morgan fingerprint density at radius 1 is 1.00 bits per heavy atom. The van der Waals surface area contributed by atoms with Crippen LogP contribution in [-0.2, 0) is 0 Å². The van der Waals surface area contributed by atoms with E-state index in [4.69, 9.17) is 9.47 Å². The van der Waals surface area contributed by atoms with Gasteiger partial charge < -0.3 is 9.47 Å². The zero-order valence-corrected chi connectivity index (χ0v) is 16.2. The van der Waals surface area contributed by atoms with Gasteiger partial charge in [0, 0.05) is 0 Å². The number of nitrogens with zero attached hydrogens (tertiary/aromatic N) is 1. The zero-order valence-electron chi connectivity index (χ0n) is 16.2. The molecular weight excluding hydrogens is 387 g/mol. The third-order valence-corrected chi connectivity index (χ3v) is 3.98. The molecular formula is C23H19FN2O4. The molecule has 3 rings (SSSR count). The fourth-order valence-electron chi connectivity index (χ4n) is 2.56. The monoisotopic (exact) mass is 406 g/mol. The third-order valence-electron chi connectivity index (χ3n) is 3.98. The number of hydrogen-bond donors (Lipinski definition) is 1. The number of halogens is 1. The molecule has 0 aliphatic rings. The van der Waals surface area contributed by atoms with Crippen LogP contribution in [0.2, 0.25) is 0 Å². The molecule has 1 amide bonds. The number of rotatable bonds is 7. The number of benzene rings is 3. The number of nitrogens with one attached hydrogen (secondary N) is 1. The third kappa shape index (κ3) is 5.29. The van der Waals surface area contributed by atoms with Gasteiger partial charge in [0.2, 0.25) is 0 Å². The first-order chi connectivity index (χ1) is 14.6. The van der Waals surface area contributed by atoms with Crippen molar-refractivity contribution in [3.05, 3.63) is 95.3 Å². The van der Waals surface area contributed by atoms with E-state index in [9.17, 15) is 14.0 Å². The Hall–Kier alpha value is -4.00. The molecule has 1 N–H and O–H groups in total. The van der Waals surface area contributed by atoms with Gasteiger partial charge >= 0.3 is 5.97 Å². The van der Waals surface area contributed by atoms with Crippen molar-refractivity contribution in [2.24, 2.45) is 5.10 Å². The molecule has 7 heteroatoms. The molecule has 6 nitrogen and oxygen atoms in total. The van der Waals surface area contributed by atoms with Crippen LogP contribution in [0.4, 0.5) is 4.39 Å². The number of ether oxygens (including phenoxy) is 2. The highest BCUT2D eigenvalue weighted by molar-refractivity contribution is 5.95. The van der Waals surface area contributed by atoms with Gasteiger partial charge in [0.15, 0.2) is 11.5 Å². The lowest BCUT2D eigenvalue weighted by molar-refractivity contribution is 0.0728. The predicted molar refractivity (Wildman–Crippen MR) is 110 cm³/mol. The Kier molecular flexibility index (Phi) is 6.89. The topological polar surface area (TPSA) is 77.0 Å². The van der Waals surface area contributed by atoms with Gasteiger partial charge in [-0.25, -0.2) is 14.6 Å². The molecule has 0 spiro atoms. The second kappa shape index (κ2) is 9.97.